The fourth-order valence-corrected chi connectivity index (χ4v) is 7.89. The molecule has 1 aliphatic rings. The van der Waals surface area contributed by atoms with Gasteiger partial charge in [0.1, 0.15) is 5.82 Å². The SMILES string of the molecule is C=CC(=O)N1C[C@H](C)N(c2c(S(C)(=O)=O)c(=O)n3c4c(C(C)C)nccc4[nH]c4cccc(F)c4c4c(Cl)cc2c3c4F)C[C@H]1C. The number of sulfone groups is 1. The fraction of sp³-hybridized carbons (Fsp3) is 0.303. The predicted molar refractivity (Wildman–Crippen MR) is 177 cm³/mol. The van der Waals surface area contributed by atoms with E-state index in [9.17, 15) is 18.0 Å². The van der Waals surface area contributed by atoms with Crippen molar-refractivity contribution in [2.45, 2.75) is 50.6 Å². The third-order valence-electron chi connectivity index (χ3n) is 8.64. The van der Waals surface area contributed by atoms with Gasteiger partial charge in [-0.1, -0.05) is 38.1 Å². The maximum Gasteiger partial charge on any atom is 0.276 e. The van der Waals surface area contributed by atoms with Crippen LogP contribution in [0.5, 0.6) is 0 Å². The minimum absolute atomic E-state index is 0.0337. The molecule has 9 nitrogen and oxygen atoms in total. The number of aromatic amines is 1. The number of pyridine rings is 2. The smallest absolute Gasteiger partial charge is 0.276 e. The lowest BCUT2D eigenvalue weighted by atomic mass is 10.0. The highest BCUT2D eigenvalue weighted by Gasteiger charge is 2.37. The zero-order valence-corrected chi connectivity index (χ0v) is 27.4. The Bertz CT molecular complexity index is 2330. The number of hydrogen-bond donors (Lipinski definition) is 1. The van der Waals surface area contributed by atoms with Crippen molar-refractivity contribution in [1.29, 1.82) is 0 Å². The van der Waals surface area contributed by atoms with Crippen molar-refractivity contribution in [2.75, 3.05) is 24.2 Å². The Morgan fingerprint density at radius 3 is 2.48 bits per heavy atom. The van der Waals surface area contributed by atoms with Gasteiger partial charge in [0.05, 0.1) is 33.0 Å². The van der Waals surface area contributed by atoms with Gasteiger partial charge in [-0.05, 0) is 50.1 Å². The second kappa shape index (κ2) is 11.2. The lowest BCUT2D eigenvalue weighted by Gasteiger charge is -2.45. The first-order valence-electron chi connectivity index (χ1n) is 14.7. The van der Waals surface area contributed by atoms with E-state index in [-0.39, 0.29) is 73.9 Å². The molecule has 46 heavy (non-hydrogen) atoms. The van der Waals surface area contributed by atoms with E-state index in [0.29, 0.717) is 5.69 Å². The molecule has 240 valence electrons. The minimum Gasteiger partial charge on any atom is -0.363 e. The number of nitrogens with zero attached hydrogens (tertiary/aromatic N) is 4. The van der Waals surface area contributed by atoms with Crippen LogP contribution in [0.3, 0.4) is 0 Å². The lowest BCUT2D eigenvalue weighted by molar-refractivity contribution is -0.128. The van der Waals surface area contributed by atoms with E-state index >= 15 is 8.78 Å². The summed E-state index contributed by atoms with van der Waals surface area (Å²) in [4.78, 5) is 37.8. The highest BCUT2D eigenvalue weighted by atomic mass is 35.5. The van der Waals surface area contributed by atoms with Crippen LogP contribution in [-0.4, -0.2) is 65.0 Å². The molecule has 0 saturated carbocycles. The van der Waals surface area contributed by atoms with Crippen molar-refractivity contribution in [3.05, 3.63) is 81.9 Å². The largest absolute Gasteiger partial charge is 0.363 e. The number of aromatic nitrogens is 3. The Morgan fingerprint density at radius 1 is 1.11 bits per heavy atom. The molecule has 2 atom stereocenters. The van der Waals surface area contributed by atoms with Crippen molar-refractivity contribution >= 4 is 71.3 Å². The molecular formula is C33H32ClF2N5O4S. The summed E-state index contributed by atoms with van der Waals surface area (Å²) in [7, 11) is -4.28. The highest BCUT2D eigenvalue weighted by Crippen LogP contribution is 2.42. The molecule has 1 aliphatic heterocycles. The zero-order valence-electron chi connectivity index (χ0n) is 25.9. The van der Waals surface area contributed by atoms with E-state index in [2.05, 4.69) is 16.5 Å². The molecule has 0 aliphatic carbocycles. The van der Waals surface area contributed by atoms with Gasteiger partial charge in [0.25, 0.3) is 5.56 Å². The van der Waals surface area contributed by atoms with Gasteiger partial charge in [-0.3, -0.25) is 19.0 Å². The summed E-state index contributed by atoms with van der Waals surface area (Å²) in [6, 6.07) is 6.25. The van der Waals surface area contributed by atoms with Crippen molar-refractivity contribution in [3.63, 3.8) is 0 Å². The van der Waals surface area contributed by atoms with E-state index in [1.165, 1.54) is 30.5 Å². The number of amides is 1. The van der Waals surface area contributed by atoms with E-state index < -0.39 is 44.0 Å². The van der Waals surface area contributed by atoms with Gasteiger partial charge in [0.2, 0.25) is 5.91 Å². The molecule has 4 heterocycles. The van der Waals surface area contributed by atoms with E-state index in [0.717, 1.165) is 10.7 Å². The summed E-state index contributed by atoms with van der Waals surface area (Å²) in [5, 5.41) is -0.568. The van der Waals surface area contributed by atoms with Crippen LogP contribution in [0.1, 0.15) is 39.3 Å². The van der Waals surface area contributed by atoms with Crippen LogP contribution in [0.15, 0.2) is 58.9 Å². The van der Waals surface area contributed by atoms with E-state index in [1.807, 2.05) is 13.8 Å². The normalized spacial score (nSPS) is 17.5. The Balaban J connectivity index is 1.95. The van der Waals surface area contributed by atoms with Gasteiger partial charge in [0, 0.05) is 59.3 Å². The Kier molecular flexibility index (Phi) is 7.71. The molecule has 5 aromatic rings. The summed E-state index contributed by atoms with van der Waals surface area (Å²) in [5.41, 5.74) is -0.300. The monoisotopic (exact) mass is 667 g/mol. The van der Waals surface area contributed by atoms with Crippen molar-refractivity contribution in [3.8, 4) is 0 Å². The van der Waals surface area contributed by atoms with Crippen LogP contribution in [0.4, 0.5) is 14.5 Å². The molecule has 1 fully saturated rings. The third-order valence-corrected chi connectivity index (χ3v) is 10.0. The number of fused-ring (bicyclic) bond motifs is 5. The van der Waals surface area contributed by atoms with Gasteiger partial charge in [-0.25, -0.2) is 17.2 Å². The molecular weight excluding hydrogens is 636 g/mol. The Labute approximate surface area is 268 Å². The van der Waals surface area contributed by atoms with Crippen molar-refractivity contribution in [2.24, 2.45) is 0 Å². The van der Waals surface area contributed by atoms with Gasteiger partial charge in [-0.2, -0.15) is 0 Å². The summed E-state index contributed by atoms with van der Waals surface area (Å²) in [6.45, 7) is 11.1. The molecule has 13 heteroatoms. The van der Waals surface area contributed by atoms with Crippen molar-refractivity contribution in [1.82, 2.24) is 19.3 Å². The van der Waals surface area contributed by atoms with Gasteiger partial charge in [-0.15, -0.1) is 0 Å². The number of benzene rings is 2. The average Bonchev–Trinajstić information content (AvgIpc) is 3.01. The summed E-state index contributed by atoms with van der Waals surface area (Å²) >= 11 is 6.81. The molecule has 2 bridgehead atoms. The predicted octanol–water partition coefficient (Wildman–Crippen LogP) is 6.11. The summed E-state index contributed by atoms with van der Waals surface area (Å²) < 4.78 is 61.3. The molecule has 6 rings (SSSR count). The lowest BCUT2D eigenvalue weighted by Crippen LogP contribution is -2.58. The Hall–Kier alpha value is -4.29. The number of carbonyl (C=O) groups is 1. The van der Waals surface area contributed by atoms with E-state index in [1.54, 1.807) is 35.8 Å². The number of hydrogen-bond acceptors (Lipinski definition) is 6. The molecule has 1 N–H and O–H groups in total. The maximum absolute atomic E-state index is 17.3. The molecule has 0 spiro atoms. The van der Waals surface area contributed by atoms with Crippen LogP contribution in [0, 0.1) is 11.6 Å². The first-order valence-corrected chi connectivity index (χ1v) is 17.0. The van der Waals surface area contributed by atoms with E-state index in [4.69, 9.17) is 11.6 Å². The van der Waals surface area contributed by atoms with Crippen molar-refractivity contribution < 1.29 is 22.0 Å². The van der Waals surface area contributed by atoms with Gasteiger partial charge < -0.3 is 14.8 Å². The fourth-order valence-electron chi connectivity index (χ4n) is 6.61. The number of piperazine rings is 1. The van der Waals surface area contributed by atoms with Crippen LogP contribution in [0.25, 0.3) is 38.2 Å². The van der Waals surface area contributed by atoms with Gasteiger partial charge >= 0.3 is 0 Å². The summed E-state index contributed by atoms with van der Waals surface area (Å²) in [5.74, 6) is -2.34. The van der Waals surface area contributed by atoms with Crippen LogP contribution >= 0.6 is 11.6 Å². The number of halogens is 3. The number of H-pyrrole nitrogens is 1. The molecule has 1 amide bonds. The molecule has 0 radical (unpaired) electrons. The molecule has 1 saturated heterocycles. The molecule has 2 aromatic carbocycles. The van der Waals surface area contributed by atoms with Crippen LogP contribution in [-0.2, 0) is 14.6 Å². The molecule has 3 aromatic heterocycles. The van der Waals surface area contributed by atoms with Crippen LogP contribution < -0.4 is 10.5 Å². The first kappa shape index (κ1) is 31.7. The number of carbonyl (C=O) groups excluding carboxylic acids is 1. The zero-order chi connectivity index (χ0) is 33.4. The second-order valence-electron chi connectivity index (χ2n) is 12.1. The maximum atomic E-state index is 17.3. The standard InChI is InChI=1S/C33H32ClF2N5O4S/c1-7-24(42)39-14-18(5)40(15-17(39)4)30-19-13-20(34)25-26-21(35)9-8-10-22(26)38-23-11-12-37-28(16(2)3)31(23)41(29(19)27(25)36)33(43)32(30)46(6,44)45/h7-13,16-18,38H,1,14-15H2,2-6H3/t17-,18+/m1/s1. The third kappa shape index (κ3) is 4.77. The Morgan fingerprint density at radius 2 is 1.83 bits per heavy atom. The quantitative estimate of drug-likeness (QED) is 0.232. The topological polar surface area (TPSA) is 108 Å². The first-order chi connectivity index (χ1) is 21.7. The van der Waals surface area contributed by atoms with Gasteiger partial charge in [0.15, 0.2) is 20.5 Å². The number of nitrogens with one attached hydrogen (secondary N) is 1. The summed E-state index contributed by atoms with van der Waals surface area (Å²) in [6.07, 6.45) is 3.65. The van der Waals surface area contributed by atoms with Crippen LogP contribution in [0.2, 0.25) is 5.02 Å². The number of rotatable bonds is 4. The number of anilines is 1. The molecule has 0 unspecified atom stereocenters. The highest BCUT2D eigenvalue weighted by molar-refractivity contribution is 7.90. The second-order valence-corrected chi connectivity index (χ2v) is 14.5. The minimum atomic E-state index is -4.28. The average molecular weight is 668 g/mol.